The van der Waals surface area contributed by atoms with E-state index in [1.54, 1.807) is 0 Å². The Hall–Kier alpha value is -0.810. The molecule has 5 heteroatoms. The van der Waals surface area contributed by atoms with Gasteiger partial charge < -0.3 is 14.6 Å². The predicted octanol–water partition coefficient (Wildman–Crippen LogP) is 0.771. The highest BCUT2D eigenvalue weighted by atomic mass is 16.7. The first-order valence-corrected chi connectivity index (χ1v) is 6.57. The van der Waals surface area contributed by atoms with Gasteiger partial charge in [-0.05, 0) is 19.9 Å². The maximum absolute atomic E-state index is 11.9. The lowest BCUT2D eigenvalue weighted by atomic mass is 9.64. The SMILES string of the molecule is CN1CCN(C(=O)ON2CC3(CCC3)C2)CC1. The third kappa shape index (κ3) is 2.13. The number of amides is 1. The molecule has 2 heterocycles. The number of likely N-dealkylation sites (N-methyl/N-ethyl adjacent to an activating group) is 1. The summed E-state index contributed by atoms with van der Waals surface area (Å²) in [5.74, 6) is 0. The molecule has 0 aromatic heterocycles. The van der Waals surface area contributed by atoms with Crippen LogP contribution in [0.2, 0.25) is 0 Å². The predicted molar refractivity (Wildman–Crippen MR) is 63.4 cm³/mol. The highest BCUT2D eigenvalue weighted by Crippen LogP contribution is 2.48. The van der Waals surface area contributed by atoms with Gasteiger partial charge in [0.15, 0.2) is 0 Å². The smallest absolute Gasteiger partial charge is 0.351 e. The van der Waals surface area contributed by atoms with E-state index in [9.17, 15) is 4.79 Å². The highest BCUT2D eigenvalue weighted by Gasteiger charge is 2.49. The summed E-state index contributed by atoms with van der Waals surface area (Å²) in [4.78, 5) is 21.3. The van der Waals surface area contributed by atoms with Crippen LogP contribution in [0.25, 0.3) is 0 Å². The minimum Gasteiger partial charge on any atom is -0.351 e. The van der Waals surface area contributed by atoms with Gasteiger partial charge in [0.05, 0.1) is 0 Å². The Morgan fingerprint density at radius 1 is 1.12 bits per heavy atom. The van der Waals surface area contributed by atoms with E-state index in [0.29, 0.717) is 5.41 Å². The average molecular weight is 239 g/mol. The lowest BCUT2D eigenvalue weighted by molar-refractivity contribution is -0.233. The molecule has 3 aliphatic rings. The van der Waals surface area contributed by atoms with Crippen LogP contribution in [0.4, 0.5) is 4.79 Å². The van der Waals surface area contributed by atoms with Crippen molar-refractivity contribution < 1.29 is 9.63 Å². The lowest BCUT2D eigenvalue weighted by Gasteiger charge is -2.54. The number of carbonyl (C=O) groups is 1. The van der Waals surface area contributed by atoms with Gasteiger partial charge in [0, 0.05) is 44.7 Å². The summed E-state index contributed by atoms with van der Waals surface area (Å²) in [6.45, 7) is 5.36. The number of rotatable bonds is 1. The first-order valence-electron chi connectivity index (χ1n) is 6.57. The molecule has 2 saturated heterocycles. The number of hydroxylamine groups is 2. The minimum atomic E-state index is -0.160. The number of carbonyl (C=O) groups excluding carboxylic acids is 1. The molecule has 1 aliphatic carbocycles. The Kier molecular flexibility index (Phi) is 2.75. The fourth-order valence-electron chi connectivity index (χ4n) is 2.92. The summed E-state index contributed by atoms with van der Waals surface area (Å²) in [5, 5.41) is 1.83. The van der Waals surface area contributed by atoms with Gasteiger partial charge in [-0.3, -0.25) is 0 Å². The summed E-state index contributed by atoms with van der Waals surface area (Å²) in [7, 11) is 2.08. The van der Waals surface area contributed by atoms with Gasteiger partial charge in [0.1, 0.15) is 0 Å². The van der Waals surface area contributed by atoms with E-state index in [1.165, 1.54) is 19.3 Å². The van der Waals surface area contributed by atoms with Crippen molar-refractivity contribution in [3.63, 3.8) is 0 Å². The van der Waals surface area contributed by atoms with E-state index < -0.39 is 0 Å². The van der Waals surface area contributed by atoms with E-state index >= 15 is 0 Å². The molecule has 0 aromatic carbocycles. The number of hydrogen-bond acceptors (Lipinski definition) is 4. The molecule has 0 bridgehead atoms. The molecule has 96 valence electrons. The van der Waals surface area contributed by atoms with E-state index in [2.05, 4.69) is 11.9 Å². The van der Waals surface area contributed by atoms with Crippen LogP contribution in [0.5, 0.6) is 0 Å². The maximum Gasteiger partial charge on any atom is 0.429 e. The lowest BCUT2D eigenvalue weighted by Crippen LogP contribution is -2.61. The first kappa shape index (κ1) is 11.3. The van der Waals surface area contributed by atoms with Gasteiger partial charge in [-0.1, -0.05) is 6.42 Å². The van der Waals surface area contributed by atoms with Crippen molar-refractivity contribution in [1.29, 1.82) is 0 Å². The highest BCUT2D eigenvalue weighted by molar-refractivity contribution is 5.67. The normalized spacial score (nSPS) is 28.6. The van der Waals surface area contributed by atoms with E-state index in [0.717, 1.165) is 39.3 Å². The molecular weight excluding hydrogens is 218 g/mol. The molecule has 0 atom stereocenters. The van der Waals surface area contributed by atoms with Crippen LogP contribution in [0, 0.1) is 5.41 Å². The van der Waals surface area contributed by atoms with Gasteiger partial charge in [-0.15, -0.1) is 5.06 Å². The summed E-state index contributed by atoms with van der Waals surface area (Å²) in [6, 6.07) is 0. The summed E-state index contributed by atoms with van der Waals surface area (Å²) in [5.41, 5.74) is 0.516. The van der Waals surface area contributed by atoms with E-state index in [1.807, 2.05) is 9.96 Å². The van der Waals surface area contributed by atoms with Crippen molar-refractivity contribution in [2.45, 2.75) is 19.3 Å². The van der Waals surface area contributed by atoms with E-state index in [-0.39, 0.29) is 6.09 Å². The maximum atomic E-state index is 11.9. The Balaban J connectivity index is 1.42. The first-order chi connectivity index (χ1) is 8.17. The molecule has 2 aliphatic heterocycles. The van der Waals surface area contributed by atoms with Crippen LogP contribution in [0.3, 0.4) is 0 Å². The van der Waals surface area contributed by atoms with Crippen LogP contribution in [0.15, 0.2) is 0 Å². The van der Waals surface area contributed by atoms with Gasteiger partial charge in [-0.2, -0.15) is 0 Å². The van der Waals surface area contributed by atoms with Crippen LogP contribution < -0.4 is 0 Å². The molecule has 17 heavy (non-hydrogen) atoms. The minimum absolute atomic E-state index is 0.160. The molecule has 0 radical (unpaired) electrons. The summed E-state index contributed by atoms with van der Waals surface area (Å²) >= 11 is 0. The molecule has 0 N–H and O–H groups in total. The summed E-state index contributed by atoms with van der Waals surface area (Å²) in [6.07, 6.45) is 3.82. The molecule has 3 rings (SSSR count). The van der Waals surface area contributed by atoms with Gasteiger partial charge >= 0.3 is 6.09 Å². The molecule has 5 nitrogen and oxygen atoms in total. The van der Waals surface area contributed by atoms with Crippen molar-refractivity contribution >= 4 is 6.09 Å². The third-order valence-electron chi connectivity index (χ3n) is 4.41. The Morgan fingerprint density at radius 2 is 1.76 bits per heavy atom. The fourth-order valence-corrected chi connectivity index (χ4v) is 2.92. The van der Waals surface area contributed by atoms with Crippen molar-refractivity contribution in [2.24, 2.45) is 5.41 Å². The van der Waals surface area contributed by atoms with Crippen LogP contribution in [0.1, 0.15) is 19.3 Å². The van der Waals surface area contributed by atoms with Gasteiger partial charge in [0.2, 0.25) is 0 Å². The van der Waals surface area contributed by atoms with Gasteiger partial charge in [0.25, 0.3) is 0 Å². The third-order valence-corrected chi connectivity index (χ3v) is 4.41. The van der Waals surface area contributed by atoms with Crippen molar-refractivity contribution in [1.82, 2.24) is 14.9 Å². The molecule has 3 fully saturated rings. The summed E-state index contributed by atoms with van der Waals surface area (Å²) < 4.78 is 0. The number of piperazine rings is 1. The Labute approximate surface area is 102 Å². The topological polar surface area (TPSA) is 36.0 Å². The Morgan fingerprint density at radius 3 is 2.29 bits per heavy atom. The number of hydrogen-bond donors (Lipinski definition) is 0. The van der Waals surface area contributed by atoms with E-state index in [4.69, 9.17) is 4.84 Å². The quantitative estimate of drug-likeness (QED) is 0.677. The van der Waals surface area contributed by atoms with Crippen LogP contribution in [-0.2, 0) is 4.84 Å². The zero-order chi connectivity index (χ0) is 11.9. The Bertz CT molecular complexity index is 301. The standard InChI is InChI=1S/C12H21N3O2/c1-13-5-7-14(8-6-13)11(16)17-15-9-12(10-15)3-2-4-12/h2-10H2,1H3. The zero-order valence-electron chi connectivity index (χ0n) is 10.5. The largest absolute Gasteiger partial charge is 0.429 e. The van der Waals surface area contributed by atoms with Crippen LogP contribution in [-0.4, -0.2) is 67.3 Å². The monoisotopic (exact) mass is 239 g/mol. The van der Waals surface area contributed by atoms with Crippen LogP contribution >= 0.6 is 0 Å². The van der Waals surface area contributed by atoms with Gasteiger partial charge in [-0.25, -0.2) is 4.79 Å². The van der Waals surface area contributed by atoms with Crippen molar-refractivity contribution in [3.05, 3.63) is 0 Å². The fraction of sp³-hybridized carbons (Fsp3) is 0.917. The molecular formula is C12H21N3O2. The second kappa shape index (κ2) is 4.14. The second-order valence-corrected chi connectivity index (χ2v) is 5.80. The molecule has 0 aromatic rings. The molecule has 1 spiro atoms. The molecule has 1 amide bonds. The zero-order valence-corrected chi connectivity index (χ0v) is 10.5. The average Bonchev–Trinajstić information content (AvgIpc) is 2.20. The molecule has 1 saturated carbocycles. The molecule has 0 unspecified atom stereocenters. The van der Waals surface area contributed by atoms with Crippen molar-refractivity contribution in [3.8, 4) is 0 Å². The number of nitrogens with zero attached hydrogens (tertiary/aromatic N) is 3. The van der Waals surface area contributed by atoms with Crippen molar-refractivity contribution in [2.75, 3.05) is 46.3 Å². The second-order valence-electron chi connectivity index (χ2n) is 5.80.